The second-order valence-corrected chi connectivity index (χ2v) is 0.954. The Hall–Kier alpha value is -0.690. The van der Waals surface area contributed by atoms with E-state index in [0.29, 0.717) is 6.54 Å². The lowest BCUT2D eigenvalue weighted by atomic mass is 10.5. The third-order valence-electron chi connectivity index (χ3n) is 0.387. The molecular weight excluding hydrogens is 78.1 g/mol. The van der Waals surface area contributed by atoms with Crippen molar-refractivity contribution in [3.8, 4) is 0 Å². The lowest BCUT2D eigenvalue weighted by molar-refractivity contribution is 0.922. The van der Waals surface area contributed by atoms with Gasteiger partial charge in [0.15, 0.2) is 0 Å². The first-order valence-electron chi connectivity index (χ1n) is 1.92. The zero-order chi connectivity index (χ0) is 4.83. The monoisotopic (exact) mass is 85.1 g/mol. The fourth-order valence-corrected chi connectivity index (χ4v) is 0.145. The smallest absolute Gasteiger partial charge is 0.0255 e. The maximum Gasteiger partial charge on any atom is 0.0255 e. The minimum atomic E-state index is 0.622. The van der Waals surface area contributed by atoms with Crippen LogP contribution in [0.25, 0.3) is 10.4 Å². The minimum absolute atomic E-state index is 0.622. The van der Waals surface area contributed by atoms with E-state index in [2.05, 4.69) is 10.0 Å². The number of hydrogen-bond acceptors (Lipinski definition) is 1. The summed E-state index contributed by atoms with van der Waals surface area (Å²) in [5, 5.41) is 3.27. The summed E-state index contributed by atoms with van der Waals surface area (Å²) in [6.07, 6.45) is 0.935. The molecule has 0 atom stereocenters. The average molecular weight is 85.1 g/mol. The van der Waals surface area contributed by atoms with Crippen molar-refractivity contribution >= 4 is 0 Å². The van der Waals surface area contributed by atoms with Gasteiger partial charge in [-0.1, -0.05) is 18.5 Å². The van der Waals surface area contributed by atoms with E-state index in [4.69, 9.17) is 5.53 Å². The second-order valence-electron chi connectivity index (χ2n) is 0.954. The summed E-state index contributed by atoms with van der Waals surface area (Å²) in [4.78, 5) is 2.55. The van der Waals surface area contributed by atoms with Gasteiger partial charge >= 0.3 is 0 Å². The maximum absolute atomic E-state index is 7.66. The standard InChI is InChI=1S/C3H7N3/c1-2-3-5-6-4/h2-3H2,1H3. The second kappa shape index (κ2) is 4.31. The van der Waals surface area contributed by atoms with E-state index in [1.165, 1.54) is 0 Å². The van der Waals surface area contributed by atoms with Crippen molar-refractivity contribution in [1.82, 2.24) is 0 Å². The van der Waals surface area contributed by atoms with E-state index in [1.54, 1.807) is 0 Å². The largest absolute Gasteiger partial charge is 0.0940 e. The number of nitrogens with zero attached hydrogens (tertiary/aromatic N) is 3. The Morgan fingerprint density at radius 2 is 2.50 bits per heavy atom. The Morgan fingerprint density at radius 3 is 2.67 bits per heavy atom. The van der Waals surface area contributed by atoms with E-state index < -0.39 is 0 Å². The quantitative estimate of drug-likeness (QED) is 0.278. The van der Waals surface area contributed by atoms with Crippen molar-refractivity contribution in [1.29, 1.82) is 0 Å². The number of azide groups is 1. The Kier molecular flexibility index (Phi) is 3.81. The highest BCUT2D eigenvalue weighted by Gasteiger charge is 1.65. The van der Waals surface area contributed by atoms with Crippen molar-refractivity contribution in [2.45, 2.75) is 13.3 Å². The van der Waals surface area contributed by atoms with Crippen molar-refractivity contribution in [3.63, 3.8) is 0 Å². The molecule has 0 saturated carbocycles. The number of rotatable bonds is 2. The third kappa shape index (κ3) is 3.31. The van der Waals surface area contributed by atoms with Crippen molar-refractivity contribution in [3.05, 3.63) is 10.4 Å². The van der Waals surface area contributed by atoms with Crippen LogP contribution in [0.3, 0.4) is 0 Å². The van der Waals surface area contributed by atoms with Gasteiger partial charge < -0.3 is 0 Å². The molecule has 0 aromatic heterocycles. The molecule has 0 radical (unpaired) electrons. The summed E-state index contributed by atoms with van der Waals surface area (Å²) in [6.45, 7) is 2.59. The number of hydrogen-bond donors (Lipinski definition) is 0. The molecule has 34 valence electrons. The Balaban J connectivity index is 2.86. The molecule has 0 aliphatic rings. The van der Waals surface area contributed by atoms with E-state index >= 15 is 0 Å². The van der Waals surface area contributed by atoms with Gasteiger partial charge in [-0.3, -0.25) is 0 Å². The first-order chi connectivity index (χ1) is 2.91. The van der Waals surface area contributed by atoms with Crippen LogP contribution in [-0.4, -0.2) is 6.54 Å². The summed E-state index contributed by atoms with van der Waals surface area (Å²) >= 11 is 0. The van der Waals surface area contributed by atoms with Crippen LogP contribution in [0.5, 0.6) is 0 Å². The molecule has 0 aromatic carbocycles. The highest BCUT2D eigenvalue weighted by atomic mass is 15.1. The minimum Gasteiger partial charge on any atom is -0.0940 e. The van der Waals surface area contributed by atoms with E-state index in [0.717, 1.165) is 6.42 Å². The molecule has 0 spiro atoms. The predicted octanol–water partition coefficient (Wildman–Crippen LogP) is 1.71. The molecule has 0 aliphatic heterocycles. The summed E-state index contributed by atoms with van der Waals surface area (Å²) in [6, 6.07) is 0. The van der Waals surface area contributed by atoms with Crippen LogP contribution in [0, 0.1) is 0 Å². The van der Waals surface area contributed by atoms with Crippen LogP contribution in [0.15, 0.2) is 5.11 Å². The van der Waals surface area contributed by atoms with Crippen LogP contribution in [0.1, 0.15) is 13.3 Å². The molecule has 0 aliphatic carbocycles. The van der Waals surface area contributed by atoms with Gasteiger partial charge in [-0.2, -0.15) is 0 Å². The third-order valence-corrected chi connectivity index (χ3v) is 0.387. The van der Waals surface area contributed by atoms with Crippen molar-refractivity contribution in [2.24, 2.45) is 5.11 Å². The van der Waals surface area contributed by atoms with Gasteiger partial charge in [-0.15, -0.1) is 0 Å². The van der Waals surface area contributed by atoms with Crippen molar-refractivity contribution in [2.75, 3.05) is 6.54 Å². The van der Waals surface area contributed by atoms with Gasteiger partial charge in [0.05, 0.1) is 0 Å². The van der Waals surface area contributed by atoms with Gasteiger partial charge in [0, 0.05) is 11.5 Å². The maximum atomic E-state index is 7.66. The summed E-state index contributed by atoms with van der Waals surface area (Å²) in [5.74, 6) is 0. The Labute approximate surface area is 36.6 Å². The molecule has 0 saturated heterocycles. The van der Waals surface area contributed by atoms with Gasteiger partial charge in [0.2, 0.25) is 0 Å². The molecule has 0 bridgehead atoms. The first-order valence-corrected chi connectivity index (χ1v) is 1.92. The van der Waals surface area contributed by atoms with Gasteiger partial charge in [0.25, 0.3) is 0 Å². The Bertz CT molecular complexity index is 62.4. The van der Waals surface area contributed by atoms with Crippen LogP contribution in [0.4, 0.5) is 0 Å². The molecule has 0 N–H and O–H groups in total. The summed E-state index contributed by atoms with van der Waals surface area (Å²) in [5.41, 5.74) is 7.66. The molecular formula is C3H7N3. The summed E-state index contributed by atoms with van der Waals surface area (Å²) < 4.78 is 0. The van der Waals surface area contributed by atoms with Crippen LogP contribution >= 0.6 is 0 Å². The zero-order valence-corrected chi connectivity index (χ0v) is 3.76. The van der Waals surface area contributed by atoms with E-state index in [-0.39, 0.29) is 0 Å². The van der Waals surface area contributed by atoms with Gasteiger partial charge in [0.1, 0.15) is 0 Å². The molecule has 3 nitrogen and oxygen atoms in total. The lowest BCUT2D eigenvalue weighted by Crippen LogP contribution is -1.65. The highest BCUT2D eigenvalue weighted by Crippen LogP contribution is 1.74. The fraction of sp³-hybridized carbons (Fsp3) is 1.00. The fourth-order valence-electron chi connectivity index (χ4n) is 0.145. The molecule has 6 heavy (non-hydrogen) atoms. The zero-order valence-electron chi connectivity index (χ0n) is 3.76. The molecule has 0 aromatic rings. The molecule has 3 heteroatoms. The first kappa shape index (κ1) is 5.31. The topological polar surface area (TPSA) is 48.8 Å². The van der Waals surface area contributed by atoms with E-state index in [1.807, 2.05) is 6.92 Å². The summed E-state index contributed by atoms with van der Waals surface area (Å²) in [7, 11) is 0. The van der Waals surface area contributed by atoms with Crippen molar-refractivity contribution < 1.29 is 0 Å². The SMILES string of the molecule is CCCN=[N+]=[N-]. The molecule has 0 rings (SSSR count). The lowest BCUT2D eigenvalue weighted by Gasteiger charge is -1.71. The van der Waals surface area contributed by atoms with Crippen LogP contribution in [-0.2, 0) is 0 Å². The van der Waals surface area contributed by atoms with Gasteiger partial charge in [-0.05, 0) is 5.53 Å². The van der Waals surface area contributed by atoms with Crippen LogP contribution in [0.2, 0.25) is 0 Å². The molecule has 0 fully saturated rings. The van der Waals surface area contributed by atoms with Crippen LogP contribution < -0.4 is 0 Å². The molecule has 0 heterocycles. The molecule has 0 unspecified atom stereocenters. The highest BCUT2D eigenvalue weighted by molar-refractivity contribution is 4.40. The molecule has 0 amide bonds. The normalized spacial score (nSPS) is 6.83. The van der Waals surface area contributed by atoms with E-state index in [9.17, 15) is 0 Å². The predicted molar refractivity (Wildman–Crippen MR) is 24.3 cm³/mol. The average Bonchev–Trinajstić information content (AvgIpc) is 1.61. The van der Waals surface area contributed by atoms with Gasteiger partial charge in [-0.25, -0.2) is 0 Å². The Morgan fingerprint density at radius 1 is 1.83 bits per heavy atom.